The van der Waals surface area contributed by atoms with Crippen molar-refractivity contribution in [3.63, 3.8) is 0 Å². The lowest BCUT2D eigenvalue weighted by Crippen LogP contribution is -2.29. The second-order valence-corrected chi connectivity index (χ2v) is 6.16. The summed E-state index contributed by atoms with van der Waals surface area (Å²) in [6.07, 6.45) is 9.74. The molecule has 2 heterocycles. The minimum atomic E-state index is 0.609. The minimum Gasteiger partial charge on any atom is -0.367 e. The van der Waals surface area contributed by atoms with Crippen molar-refractivity contribution in [1.29, 1.82) is 0 Å². The third-order valence-electron chi connectivity index (χ3n) is 4.05. The number of rotatable bonds is 3. The maximum atomic E-state index is 4.71. The molecule has 2 N–H and O–H groups in total. The Balaban J connectivity index is 1.85. The van der Waals surface area contributed by atoms with E-state index in [1.165, 1.54) is 43.4 Å². The van der Waals surface area contributed by atoms with Crippen LogP contribution in [0.1, 0.15) is 43.4 Å². The van der Waals surface area contributed by atoms with Crippen LogP contribution in [0.4, 0.5) is 5.82 Å². The molecule has 5 heteroatoms. The van der Waals surface area contributed by atoms with E-state index < -0.39 is 0 Å². The van der Waals surface area contributed by atoms with Crippen LogP contribution in [0, 0.1) is 0 Å². The van der Waals surface area contributed by atoms with E-state index in [1.807, 2.05) is 6.26 Å². The summed E-state index contributed by atoms with van der Waals surface area (Å²) in [5.41, 5.74) is 2.52. The molecular weight excluding hydrogens is 256 g/mol. The van der Waals surface area contributed by atoms with E-state index in [2.05, 4.69) is 15.6 Å². The zero-order valence-corrected chi connectivity index (χ0v) is 12.4. The molecule has 3 rings (SSSR count). The monoisotopic (exact) mass is 278 g/mol. The highest BCUT2D eigenvalue weighted by atomic mass is 32.2. The third kappa shape index (κ3) is 3.03. The fourth-order valence-corrected chi connectivity index (χ4v) is 3.37. The number of hydrogen-bond donors (Lipinski definition) is 2. The Morgan fingerprint density at radius 2 is 2.05 bits per heavy atom. The summed E-state index contributed by atoms with van der Waals surface area (Å²) in [4.78, 5) is 9.35. The Labute approximate surface area is 119 Å². The van der Waals surface area contributed by atoms with Gasteiger partial charge in [-0.2, -0.15) is 0 Å². The topological polar surface area (TPSA) is 49.8 Å². The van der Waals surface area contributed by atoms with E-state index >= 15 is 0 Å². The SMILES string of the molecule is CSc1nc2c(c(NC3CCCCC3)n1)CCNC2. The Morgan fingerprint density at radius 1 is 1.21 bits per heavy atom. The van der Waals surface area contributed by atoms with Crippen LogP contribution in [0.25, 0.3) is 0 Å². The molecule has 0 aromatic carbocycles. The molecule has 1 saturated carbocycles. The van der Waals surface area contributed by atoms with Crippen molar-refractivity contribution in [2.45, 2.75) is 56.3 Å². The van der Waals surface area contributed by atoms with Gasteiger partial charge in [0, 0.05) is 18.2 Å². The van der Waals surface area contributed by atoms with Crippen molar-refractivity contribution < 1.29 is 0 Å². The standard InChI is InChI=1S/C14H22N4S/c1-19-14-17-12-9-15-8-7-11(12)13(18-14)16-10-5-3-2-4-6-10/h10,15H,2-9H2,1H3,(H,16,17,18). The number of fused-ring (bicyclic) bond motifs is 1. The Kier molecular flexibility index (Phi) is 4.23. The summed E-state index contributed by atoms with van der Waals surface area (Å²) in [7, 11) is 0. The second kappa shape index (κ2) is 6.09. The highest BCUT2D eigenvalue weighted by Crippen LogP contribution is 2.27. The summed E-state index contributed by atoms with van der Waals surface area (Å²) in [6, 6.07) is 0.609. The number of nitrogens with one attached hydrogen (secondary N) is 2. The first-order valence-electron chi connectivity index (χ1n) is 7.28. The van der Waals surface area contributed by atoms with Crippen LogP contribution >= 0.6 is 11.8 Å². The highest BCUT2D eigenvalue weighted by molar-refractivity contribution is 7.98. The van der Waals surface area contributed by atoms with E-state index in [1.54, 1.807) is 11.8 Å². The van der Waals surface area contributed by atoms with Gasteiger partial charge in [0.25, 0.3) is 0 Å². The molecule has 4 nitrogen and oxygen atoms in total. The van der Waals surface area contributed by atoms with Crippen molar-refractivity contribution in [2.75, 3.05) is 18.1 Å². The first-order valence-corrected chi connectivity index (χ1v) is 8.50. The van der Waals surface area contributed by atoms with Crippen molar-refractivity contribution >= 4 is 17.6 Å². The quantitative estimate of drug-likeness (QED) is 0.657. The summed E-state index contributed by atoms with van der Waals surface area (Å²) < 4.78 is 0. The summed E-state index contributed by atoms with van der Waals surface area (Å²) in [5.74, 6) is 1.10. The average molecular weight is 278 g/mol. The van der Waals surface area contributed by atoms with Crippen LogP contribution in [0.3, 0.4) is 0 Å². The average Bonchev–Trinajstić information content (AvgIpc) is 2.48. The van der Waals surface area contributed by atoms with Gasteiger partial charge >= 0.3 is 0 Å². The lowest BCUT2D eigenvalue weighted by molar-refractivity contribution is 0.460. The van der Waals surface area contributed by atoms with Crippen LogP contribution in [0.5, 0.6) is 0 Å². The number of anilines is 1. The normalized spacial score (nSPS) is 20.1. The number of aromatic nitrogens is 2. The van der Waals surface area contributed by atoms with Gasteiger partial charge in [-0.05, 0) is 32.1 Å². The molecule has 1 aliphatic carbocycles. The molecule has 0 radical (unpaired) electrons. The summed E-state index contributed by atoms with van der Waals surface area (Å²) in [6.45, 7) is 1.92. The predicted molar refractivity (Wildman–Crippen MR) is 79.7 cm³/mol. The van der Waals surface area contributed by atoms with Gasteiger partial charge in [0.05, 0.1) is 5.69 Å². The fourth-order valence-electron chi connectivity index (χ4n) is 2.99. The van der Waals surface area contributed by atoms with Gasteiger partial charge in [0.1, 0.15) is 5.82 Å². The van der Waals surface area contributed by atoms with Crippen LogP contribution in [-0.4, -0.2) is 28.8 Å². The van der Waals surface area contributed by atoms with Crippen LogP contribution in [-0.2, 0) is 13.0 Å². The van der Waals surface area contributed by atoms with Crippen molar-refractivity contribution in [1.82, 2.24) is 15.3 Å². The molecule has 1 aromatic rings. The largest absolute Gasteiger partial charge is 0.367 e. The minimum absolute atomic E-state index is 0.609. The molecular formula is C14H22N4S. The van der Waals surface area contributed by atoms with Crippen molar-refractivity contribution in [2.24, 2.45) is 0 Å². The van der Waals surface area contributed by atoms with Gasteiger partial charge in [-0.3, -0.25) is 0 Å². The van der Waals surface area contributed by atoms with Gasteiger partial charge in [-0.25, -0.2) is 9.97 Å². The van der Waals surface area contributed by atoms with Crippen LogP contribution in [0.15, 0.2) is 5.16 Å². The number of nitrogens with zero attached hydrogens (tertiary/aromatic N) is 2. The second-order valence-electron chi connectivity index (χ2n) is 5.39. The lowest BCUT2D eigenvalue weighted by atomic mass is 9.95. The Hall–Kier alpha value is -0.810. The molecule has 0 bridgehead atoms. The zero-order chi connectivity index (χ0) is 13.1. The van der Waals surface area contributed by atoms with Crippen molar-refractivity contribution in [3.05, 3.63) is 11.3 Å². The Bertz CT molecular complexity index is 443. The van der Waals surface area contributed by atoms with E-state index in [-0.39, 0.29) is 0 Å². The fraction of sp³-hybridized carbons (Fsp3) is 0.714. The first-order chi connectivity index (χ1) is 9.36. The number of hydrogen-bond acceptors (Lipinski definition) is 5. The van der Waals surface area contributed by atoms with Gasteiger partial charge in [0.15, 0.2) is 5.16 Å². The van der Waals surface area contributed by atoms with Gasteiger partial charge in [0.2, 0.25) is 0 Å². The van der Waals surface area contributed by atoms with E-state index in [4.69, 9.17) is 4.98 Å². The molecule has 19 heavy (non-hydrogen) atoms. The van der Waals surface area contributed by atoms with E-state index in [0.29, 0.717) is 6.04 Å². The highest BCUT2D eigenvalue weighted by Gasteiger charge is 2.20. The molecule has 0 amide bonds. The predicted octanol–water partition coefficient (Wildman–Crippen LogP) is 2.59. The summed E-state index contributed by atoms with van der Waals surface area (Å²) >= 11 is 1.63. The lowest BCUT2D eigenvalue weighted by Gasteiger charge is -2.26. The molecule has 2 aliphatic rings. The molecule has 1 aliphatic heterocycles. The molecule has 104 valence electrons. The third-order valence-corrected chi connectivity index (χ3v) is 4.59. The molecule has 1 aromatic heterocycles. The van der Waals surface area contributed by atoms with Crippen molar-refractivity contribution in [3.8, 4) is 0 Å². The first kappa shape index (κ1) is 13.2. The smallest absolute Gasteiger partial charge is 0.189 e. The van der Waals surface area contributed by atoms with Crippen LogP contribution in [0.2, 0.25) is 0 Å². The number of thioether (sulfide) groups is 1. The molecule has 0 spiro atoms. The maximum Gasteiger partial charge on any atom is 0.189 e. The summed E-state index contributed by atoms with van der Waals surface area (Å²) in [5, 5.41) is 7.98. The van der Waals surface area contributed by atoms with E-state index in [9.17, 15) is 0 Å². The van der Waals surface area contributed by atoms with Gasteiger partial charge in [-0.1, -0.05) is 31.0 Å². The molecule has 1 fully saturated rings. The molecule has 0 atom stereocenters. The van der Waals surface area contributed by atoms with Gasteiger partial charge in [-0.15, -0.1) is 0 Å². The maximum absolute atomic E-state index is 4.71. The molecule has 0 saturated heterocycles. The Morgan fingerprint density at radius 3 is 2.84 bits per heavy atom. The van der Waals surface area contributed by atoms with E-state index in [0.717, 1.165) is 30.5 Å². The van der Waals surface area contributed by atoms with Crippen LogP contribution < -0.4 is 10.6 Å². The van der Waals surface area contributed by atoms with Gasteiger partial charge < -0.3 is 10.6 Å². The zero-order valence-electron chi connectivity index (χ0n) is 11.5. The molecule has 0 unspecified atom stereocenters.